The quantitative estimate of drug-likeness (QED) is 0.809. The van der Waals surface area contributed by atoms with Crippen molar-refractivity contribution in [2.75, 3.05) is 36.9 Å². The molecule has 3 heterocycles. The fourth-order valence-electron chi connectivity index (χ4n) is 3.78. The maximum atomic E-state index is 8.38. The largest absolute Gasteiger partial charge is 0.382 e. The number of rotatable bonds is 3. The van der Waals surface area contributed by atoms with E-state index < -0.39 is 0 Å². The second-order valence-electron chi connectivity index (χ2n) is 7.11. The smallest absolute Gasteiger partial charge is 0.154 e. The van der Waals surface area contributed by atoms with Crippen LogP contribution in [-0.4, -0.2) is 42.0 Å². The summed E-state index contributed by atoms with van der Waals surface area (Å²) in [6.07, 6.45) is 5.07. The molecule has 7 heteroatoms. The summed E-state index contributed by atoms with van der Waals surface area (Å²) >= 11 is 6.19. The molecule has 1 aromatic heterocycles. The van der Waals surface area contributed by atoms with Crippen LogP contribution in [0.15, 0.2) is 30.5 Å². The Hall–Kier alpha value is -2.18. The number of nitrogens with zero attached hydrogens (tertiary/aromatic N) is 3. The summed E-state index contributed by atoms with van der Waals surface area (Å²) in [6.45, 7) is 3.62. The average molecular weight is 372 g/mol. The third kappa shape index (κ3) is 3.15. The molecule has 136 valence electrons. The van der Waals surface area contributed by atoms with Crippen LogP contribution in [0.25, 0.3) is 0 Å². The number of ether oxygens (including phenoxy) is 1. The average Bonchev–Trinajstić information content (AvgIpc) is 3.10. The Kier molecular flexibility index (Phi) is 4.54. The zero-order valence-electron chi connectivity index (χ0n) is 14.5. The number of nitrogen functional groups attached to an aromatic ring is 1. The number of halogens is 1. The van der Waals surface area contributed by atoms with Crippen LogP contribution < -0.4 is 10.6 Å². The van der Waals surface area contributed by atoms with Crippen LogP contribution in [0.4, 0.5) is 11.6 Å². The van der Waals surface area contributed by atoms with Crippen molar-refractivity contribution in [1.29, 1.82) is 5.41 Å². The highest BCUT2D eigenvalue weighted by molar-refractivity contribution is 6.35. The highest BCUT2D eigenvalue weighted by Gasteiger charge is 2.38. The molecule has 0 aliphatic carbocycles. The number of hydrogen-bond donors (Lipinski definition) is 2. The number of nitrogens with one attached hydrogen (secondary N) is 1. The SMILES string of the molecule is N=C(c1ccccc1Cl)c1ncc(N2CCC3(CCOC3)CC2)nc1N. The van der Waals surface area contributed by atoms with E-state index in [9.17, 15) is 0 Å². The van der Waals surface area contributed by atoms with Gasteiger partial charge in [-0.3, -0.25) is 5.41 Å². The van der Waals surface area contributed by atoms with Gasteiger partial charge in [-0.25, -0.2) is 9.97 Å². The molecule has 1 aromatic carbocycles. The summed E-state index contributed by atoms with van der Waals surface area (Å²) in [5, 5.41) is 8.88. The third-order valence-corrected chi connectivity index (χ3v) is 5.83. The first-order chi connectivity index (χ1) is 12.6. The number of piperidine rings is 1. The van der Waals surface area contributed by atoms with Crippen molar-refractivity contribution >= 4 is 28.9 Å². The molecule has 6 nitrogen and oxygen atoms in total. The maximum absolute atomic E-state index is 8.38. The van der Waals surface area contributed by atoms with Gasteiger partial charge in [-0.05, 0) is 30.7 Å². The molecule has 2 aliphatic rings. The summed E-state index contributed by atoms with van der Waals surface area (Å²) in [7, 11) is 0. The molecule has 0 unspecified atom stereocenters. The predicted octanol–water partition coefficient (Wildman–Crippen LogP) is 3.14. The second kappa shape index (κ2) is 6.85. The van der Waals surface area contributed by atoms with E-state index in [0.29, 0.717) is 21.7 Å². The molecule has 0 atom stereocenters. The van der Waals surface area contributed by atoms with E-state index in [2.05, 4.69) is 14.9 Å². The number of anilines is 2. The van der Waals surface area contributed by atoms with Crippen molar-refractivity contribution in [3.63, 3.8) is 0 Å². The van der Waals surface area contributed by atoms with Gasteiger partial charge >= 0.3 is 0 Å². The van der Waals surface area contributed by atoms with Gasteiger partial charge in [0.15, 0.2) is 5.82 Å². The van der Waals surface area contributed by atoms with Gasteiger partial charge in [0.05, 0.1) is 23.5 Å². The van der Waals surface area contributed by atoms with Gasteiger partial charge in [0.25, 0.3) is 0 Å². The molecule has 0 saturated carbocycles. The Morgan fingerprint density at radius 3 is 2.65 bits per heavy atom. The van der Waals surface area contributed by atoms with E-state index >= 15 is 0 Å². The van der Waals surface area contributed by atoms with E-state index in [1.165, 1.54) is 0 Å². The van der Waals surface area contributed by atoms with Crippen molar-refractivity contribution in [1.82, 2.24) is 9.97 Å². The Morgan fingerprint density at radius 2 is 2.00 bits per heavy atom. The fraction of sp³-hybridized carbons (Fsp3) is 0.421. The molecular weight excluding hydrogens is 350 g/mol. The first-order valence-electron chi connectivity index (χ1n) is 8.87. The molecule has 4 rings (SSSR count). The molecule has 3 N–H and O–H groups in total. The lowest BCUT2D eigenvalue weighted by atomic mass is 9.78. The van der Waals surface area contributed by atoms with E-state index in [-0.39, 0.29) is 11.5 Å². The van der Waals surface area contributed by atoms with Gasteiger partial charge in [0.2, 0.25) is 0 Å². The van der Waals surface area contributed by atoms with Gasteiger partial charge in [0.1, 0.15) is 11.5 Å². The van der Waals surface area contributed by atoms with Crippen LogP contribution in [0.2, 0.25) is 5.02 Å². The van der Waals surface area contributed by atoms with Crippen LogP contribution in [0.3, 0.4) is 0 Å². The monoisotopic (exact) mass is 371 g/mol. The minimum atomic E-state index is 0.188. The molecule has 0 radical (unpaired) electrons. The molecule has 1 spiro atoms. The zero-order valence-corrected chi connectivity index (χ0v) is 15.3. The highest BCUT2D eigenvalue weighted by Crippen LogP contribution is 2.39. The zero-order chi connectivity index (χ0) is 18.1. The van der Waals surface area contributed by atoms with E-state index in [0.717, 1.165) is 51.4 Å². The summed E-state index contributed by atoms with van der Waals surface area (Å²) in [5.41, 5.74) is 7.63. The van der Waals surface area contributed by atoms with Crippen LogP contribution in [0.1, 0.15) is 30.5 Å². The Bertz CT molecular complexity index is 824. The van der Waals surface area contributed by atoms with Crippen LogP contribution in [0, 0.1) is 10.8 Å². The second-order valence-corrected chi connectivity index (χ2v) is 7.51. The third-order valence-electron chi connectivity index (χ3n) is 5.50. The molecule has 2 fully saturated rings. The molecule has 2 saturated heterocycles. The topological polar surface area (TPSA) is 88.1 Å². The lowest BCUT2D eigenvalue weighted by Crippen LogP contribution is -2.41. The van der Waals surface area contributed by atoms with Crippen LogP contribution >= 0.6 is 11.6 Å². The van der Waals surface area contributed by atoms with Crippen molar-refractivity contribution in [3.05, 3.63) is 46.7 Å². The predicted molar refractivity (Wildman–Crippen MR) is 103 cm³/mol. The first kappa shape index (κ1) is 17.2. The normalized spacial score (nSPS) is 19.0. The van der Waals surface area contributed by atoms with Gasteiger partial charge in [-0.15, -0.1) is 0 Å². The van der Waals surface area contributed by atoms with Crippen molar-refractivity contribution < 1.29 is 4.74 Å². The number of aromatic nitrogens is 2. The lowest BCUT2D eigenvalue weighted by Gasteiger charge is -2.38. The molecule has 0 bridgehead atoms. The maximum Gasteiger partial charge on any atom is 0.154 e. The van der Waals surface area contributed by atoms with Crippen LogP contribution in [0.5, 0.6) is 0 Å². The Balaban J connectivity index is 1.51. The fourth-order valence-corrected chi connectivity index (χ4v) is 4.01. The minimum absolute atomic E-state index is 0.188. The summed E-state index contributed by atoms with van der Waals surface area (Å²) in [5.74, 6) is 1.03. The number of hydrogen-bond acceptors (Lipinski definition) is 6. The summed E-state index contributed by atoms with van der Waals surface area (Å²) < 4.78 is 5.59. The lowest BCUT2D eigenvalue weighted by molar-refractivity contribution is 0.133. The van der Waals surface area contributed by atoms with Crippen molar-refractivity contribution in [2.45, 2.75) is 19.3 Å². The highest BCUT2D eigenvalue weighted by atomic mass is 35.5. The molecule has 26 heavy (non-hydrogen) atoms. The summed E-state index contributed by atoms with van der Waals surface area (Å²) in [4.78, 5) is 11.2. The van der Waals surface area contributed by atoms with Crippen LogP contribution in [-0.2, 0) is 4.74 Å². The van der Waals surface area contributed by atoms with Gasteiger partial charge in [-0.1, -0.05) is 29.8 Å². The van der Waals surface area contributed by atoms with Crippen molar-refractivity contribution in [3.8, 4) is 0 Å². The van der Waals surface area contributed by atoms with Gasteiger partial charge < -0.3 is 15.4 Å². The Labute approximate surface area is 157 Å². The van der Waals surface area contributed by atoms with E-state index in [1.54, 1.807) is 18.3 Å². The first-order valence-corrected chi connectivity index (χ1v) is 9.25. The summed E-state index contributed by atoms with van der Waals surface area (Å²) in [6, 6.07) is 7.20. The number of nitrogens with two attached hydrogens (primary N) is 1. The molecule has 2 aromatic rings. The molecule has 2 aliphatic heterocycles. The molecule has 0 amide bonds. The van der Waals surface area contributed by atoms with E-state index in [1.807, 2.05) is 12.1 Å². The van der Waals surface area contributed by atoms with Gasteiger partial charge in [0, 0.05) is 25.3 Å². The molecular formula is C19H22ClN5O. The standard InChI is InChI=1S/C19H22ClN5O/c20-14-4-2-1-3-13(14)16(21)17-18(22)24-15(11-23-17)25-8-5-19(6-9-25)7-10-26-12-19/h1-4,11,21H,5-10,12H2,(H2,22,24). The van der Waals surface area contributed by atoms with E-state index in [4.69, 9.17) is 27.5 Å². The minimum Gasteiger partial charge on any atom is -0.382 e. The van der Waals surface area contributed by atoms with Gasteiger partial charge in [-0.2, -0.15) is 0 Å². The Morgan fingerprint density at radius 1 is 1.23 bits per heavy atom. The number of benzene rings is 1. The van der Waals surface area contributed by atoms with Crippen molar-refractivity contribution in [2.24, 2.45) is 5.41 Å².